The molecule has 0 spiro atoms. The minimum Gasteiger partial charge on any atom is -0.493 e. The number of thiophene rings is 1. The number of carbonyl (C=O) groups excluding carboxylic acids is 1. The Bertz CT molecular complexity index is 2340. The molecule has 0 radical (unpaired) electrons. The number of nitrogens with zero attached hydrogens (tertiary/aromatic N) is 5. The van der Waals surface area contributed by atoms with Crippen molar-refractivity contribution in [2.45, 2.75) is 57.5 Å². The summed E-state index contributed by atoms with van der Waals surface area (Å²) in [4.78, 5) is 26.9. The molecule has 252 valence electrons. The van der Waals surface area contributed by atoms with Crippen molar-refractivity contribution in [2.75, 3.05) is 19.0 Å². The maximum Gasteiger partial charge on any atom is 0.257 e. The number of halogens is 2. The van der Waals surface area contributed by atoms with Crippen molar-refractivity contribution in [2.24, 2.45) is 0 Å². The van der Waals surface area contributed by atoms with Crippen LogP contribution in [0.3, 0.4) is 0 Å². The molecule has 2 aliphatic heterocycles. The lowest BCUT2D eigenvalue weighted by Crippen LogP contribution is -2.22. The highest BCUT2D eigenvalue weighted by Gasteiger charge is 2.45. The standard InChI is InChI=1S/C38H32F2N6O3S/c1-19-44-45-37(49-19)30-27(12-8-20-5-3-6-22(39)17-20)42-33-28-7-4-16-46(28)38(47)32(33)31(30)29-18-21-14-15-41-36(35(21)50-29)43-26-13-10-24-23(26)9-11-25(40)34(24)48-2/h3,5-6,9,11,14-15,17-18,26,28H,4,7-8,10,12-13,16H2,1-2H3,(H,41,43). The molecule has 1 fully saturated rings. The van der Waals surface area contributed by atoms with Crippen molar-refractivity contribution in [3.63, 3.8) is 0 Å². The second kappa shape index (κ2) is 12.0. The number of aryl methyl sites for hydroxylation is 3. The molecular weight excluding hydrogens is 659 g/mol. The largest absolute Gasteiger partial charge is 0.493 e. The first-order valence-corrected chi connectivity index (χ1v) is 17.6. The number of fused-ring (bicyclic) bond motifs is 5. The van der Waals surface area contributed by atoms with Gasteiger partial charge in [0, 0.05) is 35.7 Å². The smallest absolute Gasteiger partial charge is 0.257 e. The summed E-state index contributed by atoms with van der Waals surface area (Å²) in [5.74, 6) is 0.994. The molecule has 0 saturated carbocycles. The first-order chi connectivity index (χ1) is 24.4. The zero-order valence-electron chi connectivity index (χ0n) is 27.4. The second-order valence-corrected chi connectivity index (χ2v) is 14.1. The summed E-state index contributed by atoms with van der Waals surface area (Å²) in [6, 6.07) is 13.7. The quantitative estimate of drug-likeness (QED) is 0.171. The van der Waals surface area contributed by atoms with Crippen LogP contribution in [0.4, 0.5) is 14.6 Å². The Hall–Kier alpha value is -5.23. The molecule has 50 heavy (non-hydrogen) atoms. The third-order valence-electron chi connectivity index (χ3n) is 10.1. The van der Waals surface area contributed by atoms with E-state index in [0.717, 1.165) is 67.9 Å². The fourth-order valence-electron chi connectivity index (χ4n) is 7.93. The van der Waals surface area contributed by atoms with Crippen molar-refractivity contribution in [1.82, 2.24) is 25.1 Å². The average molecular weight is 691 g/mol. The maximum atomic E-state index is 14.5. The molecule has 9 rings (SSSR count). The minimum atomic E-state index is -0.363. The van der Waals surface area contributed by atoms with Gasteiger partial charge in [0.05, 0.1) is 46.4 Å². The summed E-state index contributed by atoms with van der Waals surface area (Å²) in [7, 11) is 1.50. The normalized spacial score (nSPS) is 17.8. The Balaban J connectivity index is 1.20. The topological polar surface area (TPSA) is 106 Å². The molecule has 0 bridgehead atoms. The number of amides is 1. The maximum absolute atomic E-state index is 14.5. The van der Waals surface area contributed by atoms with E-state index in [1.54, 1.807) is 30.5 Å². The van der Waals surface area contributed by atoms with E-state index >= 15 is 0 Å². The molecule has 9 nitrogen and oxygen atoms in total. The molecule has 1 aliphatic carbocycles. The molecule has 12 heteroatoms. The van der Waals surface area contributed by atoms with E-state index in [9.17, 15) is 13.6 Å². The van der Waals surface area contributed by atoms with Crippen LogP contribution in [0.25, 0.3) is 32.0 Å². The number of pyridine rings is 2. The van der Waals surface area contributed by atoms with E-state index in [1.165, 1.54) is 25.3 Å². The monoisotopic (exact) mass is 690 g/mol. The van der Waals surface area contributed by atoms with E-state index in [-0.39, 0.29) is 29.6 Å². The fraction of sp³-hybridized carbons (Fsp3) is 0.289. The van der Waals surface area contributed by atoms with Crippen LogP contribution in [-0.4, -0.2) is 44.6 Å². The number of ether oxygens (including phenoxy) is 1. The van der Waals surface area contributed by atoms with Crippen LogP contribution in [0.1, 0.15) is 75.7 Å². The zero-order valence-corrected chi connectivity index (χ0v) is 28.2. The van der Waals surface area contributed by atoms with Crippen molar-refractivity contribution in [3.8, 4) is 27.6 Å². The molecule has 6 aromatic rings. The number of hydrogen-bond acceptors (Lipinski definition) is 9. The summed E-state index contributed by atoms with van der Waals surface area (Å²) in [6.45, 7) is 2.41. The number of nitrogens with one attached hydrogen (secondary N) is 1. The number of carbonyl (C=O) groups is 1. The van der Waals surface area contributed by atoms with Crippen molar-refractivity contribution < 1.29 is 22.7 Å². The summed E-state index contributed by atoms with van der Waals surface area (Å²) >= 11 is 1.54. The lowest BCUT2D eigenvalue weighted by atomic mass is 9.93. The van der Waals surface area contributed by atoms with E-state index in [1.807, 2.05) is 23.1 Å². The van der Waals surface area contributed by atoms with Crippen LogP contribution in [0.2, 0.25) is 0 Å². The average Bonchev–Trinajstić information content (AvgIpc) is 3.95. The van der Waals surface area contributed by atoms with Gasteiger partial charge in [-0.15, -0.1) is 21.5 Å². The van der Waals surface area contributed by atoms with Gasteiger partial charge in [0.1, 0.15) is 11.6 Å². The molecule has 4 aromatic heterocycles. The number of benzene rings is 2. The molecule has 1 N–H and O–H groups in total. The van der Waals surface area contributed by atoms with Gasteiger partial charge in [0.2, 0.25) is 11.8 Å². The van der Waals surface area contributed by atoms with Gasteiger partial charge in [-0.2, -0.15) is 0 Å². The van der Waals surface area contributed by atoms with Gasteiger partial charge in [-0.25, -0.2) is 13.8 Å². The van der Waals surface area contributed by atoms with Gasteiger partial charge >= 0.3 is 0 Å². The number of aromatic nitrogens is 4. The van der Waals surface area contributed by atoms with Gasteiger partial charge in [-0.1, -0.05) is 18.2 Å². The highest BCUT2D eigenvalue weighted by Crippen LogP contribution is 2.51. The Labute approximate surface area is 290 Å². The molecule has 3 aliphatic rings. The van der Waals surface area contributed by atoms with Crippen LogP contribution >= 0.6 is 11.3 Å². The Kier molecular flexibility index (Phi) is 7.38. The Morgan fingerprint density at radius 1 is 1.06 bits per heavy atom. The summed E-state index contributed by atoms with van der Waals surface area (Å²) in [5, 5.41) is 13.2. The summed E-state index contributed by atoms with van der Waals surface area (Å²) in [6.07, 6.45) is 6.00. The first kappa shape index (κ1) is 30.8. The van der Waals surface area contributed by atoms with Crippen molar-refractivity contribution in [1.29, 1.82) is 0 Å². The molecule has 6 heterocycles. The molecule has 1 saturated heterocycles. The third-order valence-corrected chi connectivity index (χ3v) is 11.3. The fourth-order valence-corrected chi connectivity index (χ4v) is 9.09. The van der Waals surface area contributed by atoms with Crippen LogP contribution in [0.15, 0.2) is 59.1 Å². The number of hydrogen-bond donors (Lipinski definition) is 1. The third kappa shape index (κ3) is 4.95. The van der Waals surface area contributed by atoms with Crippen LogP contribution in [-0.2, 0) is 19.3 Å². The van der Waals surface area contributed by atoms with Crippen molar-refractivity contribution >= 4 is 33.1 Å². The predicted octanol–water partition coefficient (Wildman–Crippen LogP) is 8.18. The predicted molar refractivity (Wildman–Crippen MR) is 185 cm³/mol. The number of rotatable bonds is 8. The number of anilines is 1. The van der Waals surface area contributed by atoms with Gasteiger partial charge in [-0.05, 0) is 85.4 Å². The Morgan fingerprint density at radius 3 is 2.78 bits per heavy atom. The van der Waals surface area contributed by atoms with E-state index in [4.69, 9.17) is 19.1 Å². The second-order valence-electron chi connectivity index (χ2n) is 13.1. The molecule has 2 aromatic carbocycles. The van der Waals surface area contributed by atoms with Crippen LogP contribution < -0.4 is 10.1 Å². The summed E-state index contributed by atoms with van der Waals surface area (Å²) in [5.41, 5.74) is 6.14. The molecule has 2 unspecified atom stereocenters. The van der Waals surface area contributed by atoms with Crippen molar-refractivity contribution in [3.05, 3.63) is 106 Å². The van der Waals surface area contributed by atoms with E-state index in [2.05, 4.69) is 21.6 Å². The first-order valence-electron chi connectivity index (χ1n) is 16.8. The molecule has 1 amide bonds. The van der Waals surface area contributed by atoms with Crippen LogP contribution in [0.5, 0.6) is 5.75 Å². The Morgan fingerprint density at radius 2 is 1.96 bits per heavy atom. The van der Waals surface area contributed by atoms with E-state index in [0.29, 0.717) is 60.3 Å². The minimum absolute atomic E-state index is 0.0446. The van der Waals surface area contributed by atoms with Gasteiger partial charge in [-0.3, -0.25) is 9.78 Å². The van der Waals surface area contributed by atoms with Gasteiger partial charge in [0.15, 0.2) is 11.6 Å². The van der Waals surface area contributed by atoms with Gasteiger partial charge < -0.3 is 19.4 Å². The zero-order chi connectivity index (χ0) is 34.1. The number of methoxy groups -OCH3 is 1. The summed E-state index contributed by atoms with van der Waals surface area (Å²) < 4.78 is 41.0. The lowest BCUT2D eigenvalue weighted by molar-refractivity contribution is 0.0776. The molecule has 2 atom stereocenters. The molecular formula is C38H32F2N6O3S. The van der Waals surface area contributed by atoms with E-state index < -0.39 is 0 Å². The highest BCUT2D eigenvalue weighted by atomic mass is 32.1. The van der Waals surface area contributed by atoms with Crippen LogP contribution in [0, 0.1) is 18.6 Å². The SMILES string of the molecule is COc1c(F)ccc2c1CCC2Nc1nccc2cc(-c3c4c(nc(CCc5cccc(F)c5)c3-c3nnc(C)o3)C3CCCN3C4=O)sc12. The lowest BCUT2D eigenvalue weighted by Gasteiger charge is -2.16. The highest BCUT2D eigenvalue weighted by molar-refractivity contribution is 7.23. The van der Waals surface area contributed by atoms with Gasteiger partial charge in [0.25, 0.3) is 5.91 Å².